The number of urea groups is 1. The Labute approximate surface area is 121 Å². The first-order valence-electron chi connectivity index (χ1n) is 6.78. The summed E-state index contributed by atoms with van der Waals surface area (Å²) in [4.78, 5) is 14.0. The Balaban J connectivity index is 1.85. The Kier molecular flexibility index (Phi) is 4.72. The van der Waals surface area contributed by atoms with Gasteiger partial charge < -0.3 is 15.5 Å². The summed E-state index contributed by atoms with van der Waals surface area (Å²) in [7, 11) is 2.03. The Bertz CT molecular complexity index is 479. The molecule has 0 unspecified atom stereocenters. The maximum absolute atomic E-state index is 12.4. The molecule has 0 aromatic heterocycles. The lowest BCUT2D eigenvalue weighted by Crippen LogP contribution is -2.44. The molecule has 2 N–H and O–H groups in total. The van der Waals surface area contributed by atoms with Gasteiger partial charge in [0.25, 0.3) is 0 Å². The molecule has 0 aliphatic carbocycles. The molecular weight excluding hydrogens is 283 g/mol. The summed E-state index contributed by atoms with van der Waals surface area (Å²) in [5, 5.41) is 5.38. The molecule has 2 amide bonds. The van der Waals surface area contributed by atoms with Crippen molar-refractivity contribution in [3.05, 3.63) is 29.8 Å². The number of alkyl halides is 3. The second-order valence-corrected chi connectivity index (χ2v) is 5.25. The van der Waals surface area contributed by atoms with E-state index in [1.807, 2.05) is 7.05 Å². The summed E-state index contributed by atoms with van der Waals surface area (Å²) < 4.78 is 37.3. The average molecular weight is 301 g/mol. The van der Waals surface area contributed by atoms with Gasteiger partial charge in [-0.1, -0.05) is 0 Å². The van der Waals surface area contributed by atoms with Gasteiger partial charge in [-0.05, 0) is 57.2 Å². The fraction of sp³-hybridized carbons (Fsp3) is 0.500. The van der Waals surface area contributed by atoms with Crippen LogP contribution in [-0.4, -0.2) is 37.1 Å². The van der Waals surface area contributed by atoms with Crippen LogP contribution in [0.2, 0.25) is 0 Å². The molecule has 0 spiro atoms. The minimum absolute atomic E-state index is 0.107. The number of amides is 2. The molecule has 1 heterocycles. The van der Waals surface area contributed by atoms with E-state index in [0.717, 1.165) is 38.1 Å². The van der Waals surface area contributed by atoms with Gasteiger partial charge in [0.1, 0.15) is 0 Å². The molecule has 1 aromatic rings. The number of hydrogen-bond acceptors (Lipinski definition) is 2. The molecule has 0 radical (unpaired) electrons. The average Bonchev–Trinajstić information content (AvgIpc) is 2.41. The second kappa shape index (κ2) is 6.34. The highest BCUT2D eigenvalue weighted by Crippen LogP contribution is 2.29. The van der Waals surface area contributed by atoms with E-state index >= 15 is 0 Å². The molecule has 2 rings (SSSR count). The summed E-state index contributed by atoms with van der Waals surface area (Å²) in [5.41, 5.74) is -0.391. The van der Waals surface area contributed by atoms with Gasteiger partial charge in [0.05, 0.1) is 5.56 Å². The Hall–Kier alpha value is -1.76. The highest BCUT2D eigenvalue weighted by molar-refractivity contribution is 5.89. The van der Waals surface area contributed by atoms with E-state index in [1.165, 1.54) is 12.1 Å². The van der Waals surface area contributed by atoms with Crippen molar-refractivity contribution in [1.82, 2.24) is 10.2 Å². The quantitative estimate of drug-likeness (QED) is 0.882. The lowest BCUT2D eigenvalue weighted by Gasteiger charge is -2.29. The Morgan fingerprint density at radius 1 is 1.19 bits per heavy atom. The first-order valence-corrected chi connectivity index (χ1v) is 6.78. The summed E-state index contributed by atoms with van der Waals surface area (Å²) in [6.45, 7) is 1.84. The van der Waals surface area contributed by atoms with Crippen molar-refractivity contribution >= 4 is 11.7 Å². The zero-order chi connectivity index (χ0) is 15.5. The monoisotopic (exact) mass is 301 g/mol. The SMILES string of the molecule is CN1CCC(NC(=O)Nc2ccc(C(F)(F)F)cc2)CC1. The molecule has 116 valence electrons. The third kappa shape index (κ3) is 4.63. The standard InChI is InChI=1S/C14H18F3N3O/c1-20-8-6-12(7-9-20)19-13(21)18-11-4-2-10(3-5-11)14(15,16)17/h2-5,12H,6-9H2,1H3,(H2,18,19,21). The van der Waals surface area contributed by atoms with E-state index < -0.39 is 11.7 Å². The molecule has 4 nitrogen and oxygen atoms in total. The summed E-state index contributed by atoms with van der Waals surface area (Å²) >= 11 is 0. The Morgan fingerprint density at radius 2 is 1.76 bits per heavy atom. The number of nitrogens with one attached hydrogen (secondary N) is 2. The molecule has 1 aliphatic rings. The van der Waals surface area contributed by atoms with Crippen molar-refractivity contribution in [1.29, 1.82) is 0 Å². The van der Waals surface area contributed by atoms with Crippen LogP contribution >= 0.6 is 0 Å². The van der Waals surface area contributed by atoms with Crippen LogP contribution in [0.15, 0.2) is 24.3 Å². The predicted octanol–water partition coefficient (Wildman–Crippen LogP) is 2.92. The van der Waals surface area contributed by atoms with Crippen molar-refractivity contribution < 1.29 is 18.0 Å². The highest BCUT2D eigenvalue weighted by Gasteiger charge is 2.30. The van der Waals surface area contributed by atoms with Crippen molar-refractivity contribution in [3.8, 4) is 0 Å². The molecule has 0 saturated carbocycles. The zero-order valence-electron chi connectivity index (χ0n) is 11.7. The van der Waals surface area contributed by atoms with Crippen molar-refractivity contribution in [3.63, 3.8) is 0 Å². The van der Waals surface area contributed by atoms with E-state index in [1.54, 1.807) is 0 Å². The van der Waals surface area contributed by atoms with Crippen LogP contribution in [0.5, 0.6) is 0 Å². The number of likely N-dealkylation sites (tertiary alicyclic amines) is 1. The minimum Gasteiger partial charge on any atom is -0.335 e. The summed E-state index contributed by atoms with van der Waals surface area (Å²) in [6.07, 6.45) is -2.62. The Morgan fingerprint density at radius 3 is 2.29 bits per heavy atom. The lowest BCUT2D eigenvalue weighted by atomic mass is 10.1. The number of benzene rings is 1. The smallest absolute Gasteiger partial charge is 0.335 e. The number of carbonyl (C=O) groups excluding carboxylic acids is 1. The van der Waals surface area contributed by atoms with Gasteiger partial charge in [-0.3, -0.25) is 0 Å². The number of carbonyl (C=O) groups is 1. The van der Waals surface area contributed by atoms with E-state index in [-0.39, 0.29) is 12.1 Å². The van der Waals surface area contributed by atoms with Crippen LogP contribution < -0.4 is 10.6 Å². The van der Waals surface area contributed by atoms with Crippen molar-refractivity contribution in [2.75, 3.05) is 25.5 Å². The molecule has 0 bridgehead atoms. The molecule has 0 atom stereocenters. The summed E-state index contributed by atoms with van der Waals surface area (Å²) in [6, 6.07) is 4.12. The van der Waals surface area contributed by atoms with Gasteiger partial charge in [0, 0.05) is 11.7 Å². The van der Waals surface area contributed by atoms with Gasteiger partial charge >= 0.3 is 12.2 Å². The second-order valence-electron chi connectivity index (χ2n) is 5.25. The summed E-state index contributed by atoms with van der Waals surface area (Å²) in [5.74, 6) is 0. The number of anilines is 1. The molecule has 7 heteroatoms. The van der Waals surface area contributed by atoms with Crippen LogP contribution in [0.3, 0.4) is 0 Å². The van der Waals surface area contributed by atoms with Crippen molar-refractivity contribution in [2.45, 2.75) is 25.1 Å². The topological polar surface area (TPSA) is 44.4 Å². The first kappa shape index (κ1) is 15.6. The fourth-order valence-corrected chi connectivity index (χ4v) is 2.25. The normalized spacial score (nSPS) is 17.5. The van der Waals surface area contributed by atoms with Crippen LogP contribution in [0.1, 0.15) is 18.4 Å². The maximum atomic E-state index is 12.4. The third-order valence-corrected chi connectivity index (χ3v) is 3.52. The van der Waals surface area contributed by atoms with Crippen LogP contribution in [0, 0.1) is 0 Å². The molecule has 1 fully saturated rings. The van der Waals surface area contributed by atoms with Gasteiger partial charge in [0.2, 0.25) is 0 Å². The van der Waals surface area contributed by atoms with Gasteiger partial charge in [0.15, 0.2) is 0 Å². The fourth-order valence-electron chi connectivity index (χ4n) is 2.25. The van der Waals surface area contributed by atoms with E-state index in [4.69, 9.17) is 0 Å². The number of piperidine rings is 1. The maximum Gasteiger partial charge on any atom is 0.416 e. The predicted molar refractivity (Wildman–Crippen MR) is 74.1 cm³/mol. The van der Waals surface area contributed by atoms with Crippen LogP contribution in [0.4, 0.5) is 23.7 Å². The molecule has 21 heavy (non-hydrogen) atoms. The zero-order valence-corrected chi connectivity index (χ0v) is 11.7. The number of rotatable bonds is 2. The first-order chi connectivity index (χ1) is 9.84. The van der Waals surface area contributed by atoms with E-state index in [0.29, 0.717) is 5.69 Å². The molecule has 1 aliphatic heterocycles. The largest absolute Gasteiger partial charge is 0.416 e. The number of nitrogens with zero attached hydrogens (tertiary/aromatic N) is 1. The van der Waals surface area contributed by atoms with Gasteiger partial charge in [-0.15, -0.1) is 0 Å². The highest BCUT2D eigenvalue weighted by atomic mass is 19.4. The molecule has 1 aromatic carbocycles. The van der Waals surface area contributed by atoms with Gasteiger partial charge in [-0.2, -0.15) is 13.2 Å². The van der Waals surface area contributed by atoms with Crippen LogP contribution in [-0.2, 0) is 6.18 Å². The lowest BCUT2D eigenvalue weighted by molar-refractivity contribution is -0.137. The van der Waals surface area contributed by atoms with E-state index in [9.17, 15) is 18.0 Å². The van der Waals surface area contributed by atoms with Crippen LogP contribution in [0.25, 0.3) is 0 Å². The van der Waals surface area contributed by atoms with E-state index in [2.05, 4.69) is 15.5 Å². The molecule has 1 saturated heterocycles. The molecular formula is C14H18F3N3O. The number of halogens is 3. The number of hydrogen-bond donors (Lipinski definition) is 2. The third-order valence-electron chi connectivity index (χ3n) is 3.52. The van der Waals surface area contributed by atoms with Crippen molar-refractivity contribution in [2.24, 2.45) is 0 Å². The minimum atomic E-state index is -4.37. The van der Waals surface area contributed by atoms with Gasteiger partial charge in [-0.25, -0.2) is 4.79 Å².